The van der Waals surface area contributed by atoms with Gasteiger partial charge in [-0.25, -0.2) is 0 Å². The number of aliphatic hydroxyl groups is 3. The van der Waals surface area contributed by atoms with Crippen molar-refractivity contribution in [3.8, 4) is 0 Å². The molecular formula is C34H69NO4. The summed E-state index contributed by atoms with van der Waals surface area (Å²) in [5.74, 6) is -0.145. The third kappa shape index (κ3) is 26.0. The Kier molecular flexibility index (Phi) is 29.8. The Morgan fingerprint density at radius 3 is 1.23 bits per heavy atom. The molecule has 0 unspecified atom stereocenters. The van der Waals surface area contributed by atoms with Gasteiger partial charge in [0.25, 0.3) is 0 Å². The average Bonchev–Trinajstić information content (AvgIpc) is 2.94. The van der Waals surface area contributed by atoms with Crippen LogP contribution in [0.3, 0.4) is 0 Å². The number of carbonyl (C=O) groups excluding carboxylic acids is 1. The molecule has 0 radical (unpaired) electrons. The highest BCUT2D eigenvalue weighted by Crippen LogP contribution is 2.15. The minimum absolute atomic E-state index is 0.145. The third-order valence-corrected chi connectivity index (χ3v) is 8.21. The van der Waals surface area contributed by atoms with Crippen LogP contribution in [0.2, 0.25) is 0 Å². The molecule has 0 aromatic carbocycles. The van der Waals surface area contributed by atoms with Crippen molar-refractivity contribution in [3.05, 3.63) is 0 Å². The highest BCUT2D eigenvalue weighted by atomic mass is 16.3. The summed E-state index contributed by atoms with van der Waals surface area (Å²) in [5.41, 5.74) is 0. The van der Waals surface area contributed by atoms with Gasteiger partial charge in [-0.15, -0.1) is 0 Å². The molecule has 0 aliphatic carbocycles. The molecule has 0 aromatic rings. The second-order valence-electron chi connectivity index (χ2n) is 12.1. The van der Waals surface area contributed by atoms with Gasteiger partial charge in [-0.2, -0.15) is 0 Å². The minimum atomic E-state index is -1.13. The minimum Gasteiger partial charge on any atom is -0.394 e. The van der Waals surface area contributed by atoms with Crippen LogP contribution in [-0.2, 0) is 4.79 Å². The summed E-state index contributed by atoms with van der Waals surface area (Å²) < 4.78 is 0. The Hall–Kier alpha value is -0.650. The molecule has 0 fully saturated rings. The van der Waals surface area contributed by atoms with Gasteiger partial charge in [0, 0.05) is 6.42 Å². The predicted molar refractivity (Wildman–Crippen MR) is 167 cm³/mol. The number of hydrogen-bond acceptors (Lipinski definition) is 4. The van der Waals surface area contributed by atoms with Gasteiger partial charge in [0.05, 0.1) is 18.8 Å². The highest BCUT2D eigenvalue weighted by molar-refractivity contribution is 5.76. The Bertz CT molecular complexity index is 502. The number of carbonyl (C=O) groups is 1. The first-order valence-corrected chi connectivity index (χ1v) is 17.3. The van der Waals surface area contributed by atoms with Crippen LogP contribution in [0, 0.1) is 0 Å². The molecule has 5 nitrogen and oxygen atoms in total. The van der Waals surface area contributed by atoms with E-state index in [2.05, 4.69) is 19.2 Å². The van der Waals surface area contributed by atoms with Crippen molar-refractivity contribution in [2.75, 3.05) is 6.61 Å². The van der Waals surface area contributed by atoms with Crippen LogP contribution in [-0.4, -0.2) is 46.1 Å². The van der Waals surface area contributed by atoms with E-state index in [4.69, 9.17) is 0 Å². The number of hydrogen-bond donors (Lipinski definition) is 4. The van der Waals surface area contributed by atoms with Crippen LogP contribution in [0.15, 0.2) is 0 Å². The standard InChI is InChI=1S/C34H69NO4/c1-3-5-7-9-11-13-15-16-17-18-19-21-23-25-27-29-33(38)35-31(30-36)34(39)32(37)28-26-24-22-20-14-12-10-8-6-4-2/h31-32,34,36-37,39H,3-30H2,1-2H3,(H,35,38)/t31-,32+,34-/m0/s1. The van der Waals surface area contributed by atoms with E-state index in [1.54, 1.807) is 0 Å². The molecule has 0 bridgehead atoms. The first-order valence-electron chi connectivity index (χ1n) is 17.3. The second kappa shape index (κ2) is 30.3. The predicted octanol–water partition coefficient (Wildman–Crippen LogP) is 8.76. The highest BCUT2D eigenvalue weighted by Gasteiger charge is 2.26. The van der Waals surface area contributed by atoms with Gasteiger partial charge in [-0.1, -0.05) is 168 Å². The molecule has 39 heavy (non-hydrogen) atoms. The lowest BCUT2D eigenvalue weighted by molar-refractivity contribution is -0.124. The number of aliphatic hydroxyl groups excluding tert-OH is 3. The van der Waals surface area contributed by atoms with Crippen molar-refractivity contribution >= 4 is 5.91 Å². The largest absolute Gasteiger partial charge is 0.394 e. The topological polar surface area (TPSA) is 89.8 Å². The van der Waals surface area contributed by atoms with Crippen molar-refractivity contribution < 1.29 is 20.1 Å². The normalized spacial score (nSPS) is 13.9. The van der Waals surface area contributed by atoms with E-state index < -0.39 is 18.2 Å². The Labute approximate surface area is 243 Å². The maximum atomic E-state index is 12.3. The van der Waals surface area contributed by atoms with Crippen LogP contribution in [0.25, 0.3) is 0 Å². The van der Waals surface area contributed by atoms with Crippen molar-refractivity contribution in [2.24, 2.45) is 0 Å². The van der Waals surface area contributed by atoms with E-state index in [-0.39, 0.29) is 12.5 Å². The van der Waals surface area contributed by atoms with Gasteiger partial charge in [-0.3, -0.25) is 4.79 Å². The summed E-state index contributed by atoms with van der Waals surface area (Å²) in [5, 5.41) is 33.2. The Balaban J connectivity index is 3.67. The van der Waals surface area contributed by atoms with Crippen LogP contribution >= 0.6 is 0 Å². The van der Waals surface area contributed by atoms with E-state index >= 15 is 0 Å². The summed E-state index contributed by atoms with van der Waals surface area (Å²) in [7, 11) is 0. The molecule has 0 saturated carbocycles. The second-order valence-corrected chi connectivity index (χ2v) is 12.1. The maximum Gasteiger partial charge on any atom is 0.220 e. The summed E-state index contributed by atoms with van der Waals surface area (Å²) in [6.07, 6.45) is 30.5. The number of rotatable bonds is 31. The summed E-state index contributed by atoms with van der Waals surface area (Å²) in [4.78, 5) is 12.3. The fraction of sp³-hybridized carbons (Fsp3) is 0.971. The molecule has 5 heteroatoms. The number of nitrogens with one attached hydrogen (secondary N) is 1. The maximum absolute atomic E-state index is 12.3. The smallest absolute Gasteiger partial charge is 0.220 e. The van der Waals surface area contributed by atoms with E-state index in [1.165, 1.54) is 122 Å². The molecule has 0 rings (SSSR count). The summed E-state index contributed by atoms with van der Waals surface area (Å²) in [6, 6.07) is -0.799. The van der Waals surface area contributed by atoms with Crippen LogP contribution in [0.1, 0.15) is 187 Å². The fourth-order valence-electron chi connectivity index (χ4n) is 5.45. The van der Waals surface area contributed by atoms with Crippen molar-refractivity contribution in [1.29, 1.82) is 0 Å². The lowest BCUT2D eigenvalue weighted by Gasteiger charge is -2.26. The zero-order valence-corrected chi connectivity index (χ0v) is 26.3. The van der Waals surface area contributed by atoms with Gasteiger partial charge < -0.3 is 20.6 Å². The monoisotopic (exact) mass is 556 g/mol. The lowest BCUT2D eigenvalue weighted by atomic mass is 9.99. The van der Waals surface area contributed by atoms with Gasteiger partial charge in [0.2, 0.25) is 5.91 Å². The van der Waals surface area contributed by atoms with E-state index in [0.717, 1.165) is 38.5 Å². The molecule has 0 aliphatic rings. The van der Waals surface area contributed by atoms with Crippen LogP contribution < -0.4 is 5.32 Å². The SMILES string of the molecule is CCCCCCCCCCCCCCCCCC(=O)N[C@@H](CO)[C@H](O)[C@H](O)CCCCCCCCCCCC. The number of unbranched alkanes of at least 4 members (excludes halogenated alkanes) is 23. The van der Waals surface area contributed by atoms with Crippen molar-refractivity contribution in [3.63, 3.8) is 0 Å². The molecule has 234 valence electrons. The molecule has 0 aromatic heterocycles. The first-order chi connectivity index (χ1) is 19.1. The zero-order chi connectivity index (χ0) is 28.8. The quantitative estimate of drug-likeness (QED) is 0.0644. The molecule has 4 N–H and O–H groups in total. The molecular weight excluding hydrogens is 486 g/mol. The summed E-state index contributed by atoms with van der Waals surface area (Å²) >= 11 is 0. The van der Waals surface area contributed by atoms with Gasteiger partial charge in [0.1, 0.15) is 6.10 Å². The summed E-state index contributed by atoms with van der Waals surface area (Å²) in [6.45, 7) is 4.15. The molecule has 1 amide bonds. The molecule has 0 aliphatic heterocycles. The van der Waals surface area contributed by atoms with Crippen molar-refractivity contribution in [1.82, 2.24) is 5.32 Å². The van der Waals surface area contributed by atoms with E-state index in [9.17, 15) is 20.1 Å². The average molecular weight is 556 g/mol. The number of amides is 1. The van der Waals surface area contributed by atoms with E-state index in [0.29, 0.717) is 12.8 Å². The third-order valence-electron chi connectivity index (χ3n) is 8.21. The lowest BCUT2D eigenvalue weighted by Crippen LogP contribution is -2.50. The van der Waals surface area contributed by atoms with Crippen LogP contribution in [0.5, 0.6) is 0 Å². The Morgan fingerprint density at radius 2 is 0.872 bits per heavy atom. The van der Waals surface area contributed by atoms with Gasteiger partial charge >= 0.3 is 0 Å². The Morgan fingerprint density at radius 1 is 0.538 bits per heavy atom. The van der Waals surface area contributed by atoms with Gasteiger partial charge in [0.15, 0.2) is 0 Å². The first kappa shape index (κ1) is 38.4. The van der Waals surface area contributed by atoms with Crippen molar-refractivity contribution in [2.45, 2.75) is 205 Å². The molecule has 0 saturated heterocycles. The van der Waals surface area contributed by atoms with E-state index in [1.807, 2.05) is 0 Å². The molecule has 0 spiro atoms. The fourth-order valence-corrected chi connectivity index (χ4v) is 5.45. The molecule has 3 atom stereocenters. The van der Waals surface area contributed by atoms with Gasteiger partial charge in [-0.05, 0) is 12.8 Å². The van der Waals surface area contributed by atoms with Crippen LogP contribution in [0.4, 0.5) is 0 Å². The zero-order valence-electron chi connectivity index (χ0n) is 26.3. The molecule has 0 heterocycles.